The number of rotatable bonds is 4. The van der Waals surface area contributed by atoms with Crippen molar-refractivity contribution in [2.75, 3.05) is 0 Å². The van der Waals surface area contributed by atoms with Gasteiger partial charge in [0.1, 0.15) is 5.82 Å². The second-order valence-corrected chi connectivity index (χ2v) is 6.47. The smallest absolute Gasteiger partial charge is 0.250 e. The third kappa shape index (κ3) is 3.58. The Morgan fingerprint density at radius 1 is 0.926 bits per heavy atom. The lowest BCUT2D eigenvalue weighted by atomic mass is 9.98. The van der Waals surface area contributed by atoms with E-state index in [1.165, 1.54) is 16.7 Å². The number of hydrogen-bond donors (Lipinski definition) is 0. The second kappa shape index (κ2) is 7.03. The monoisotopic (exact) mass is 359 g/mol. The lowest BCUT2D eigenvalue weighted by molar-refractivity contribution is 0.628. The van der Waals surface area contributed by atoms with E-state index in [2.05, 4.69) is 17.2 Å². The summed E-state index contributed by atoms with van der Waals surface area (Å²) in [5.74, 6) is -0.306. The zero-order valence-electron chi connectivity index (χ0n) is 14.8. The summed E-state index contributed by atoms with van der Waals surface area (Å²) in [6.07, 6.45) is 5.54. The first-order valence-electron chi connectivity index (χ1n) is 8.63. The maximum absolute atomic E-state index is 13.3. The first kappa shape index (κ1) is 17.0. The van der Waals surface area contributed by atoms with E-state index in [0.717, 1.165) is 27.8 Å². The van der Waals surface area contributed by atoms with Crippen molar-refractivity contribution < 1.29 is 4.39 Å². The van der Waals surface area contributed by atoms with E-state index in [0.29, 0.717) is 6.54 Å². The molecule has 27 heavy (non-hydrogen) atoms. The van der Waals surface area contributed by atoms with E-state index in [1.807, 2.05) is 29.1 Å². The van der Waals surface area contributed by atoms with Crippen molar-refractivity contribution in [3.63, 3.8) is 0 Å². The van der Waals surface area contributed by atoms with E-state index in [9.17, 15) is 9.18 Å². The summed E-state index contributed by atoms with van der Waals surface area (Å²) in [4.78, 5) is 12.2. The average molecular weight is 359 g/mol. The van der Waals surface area contributed by atoms with Gasteiger partial charge in [0.2, 0.25) is 0 Å². The maximum atomic E-state index is 13.3. The lowest BCUT2D eigenvalue weighted by Crippen LogP contribution is -2.15. The Morgan fingerprint density at radius 2 is 1.67 bits per heavy atom. The van der Waals surface area contributed by atoms with E-state index in [4.69, 9.17) is 0 Å². The van der Waals surface area contributed by atoms with Crippen molar-refractivity contribution in [1.29, 1.82) is 0 Å². The molecule has 0 radical (unpaired) electrons. The minimum atomic E-state index is -0.306. The molecular formula is C22H18FN3O. The third-order valence-corrected chi connectivity index (χ3v) is 4.52. The van der Waals surface area contributed by atoms with Crippen LogP contribution in [0.25, 0.3) is 22.3 Å². The molecule has 0 unspecified atom stereocenters. The number of nitrogens with zero attached hydrogens (tertiary/aromatic N) is 3. The molecule has 0 fully saturated rings. The van der Waals surface area contributed by atoms with Gasteiger partial charge in [0, 0.05) is 36.6 Å². The van der Waals surface area contributed by atoms with E-state index in [1.54, 1.807) is 37.6 Å². The highest BCUT2D eigenvalue weighted by Gasteiger charge is 2.12. The normalized spacial score (nSPS) is 10.9. The van der Waals surface area contributed by atoms with Crippen molar-refractivity contribution in [1.82, 2.24) is 14.3 Å². The Bertz CT molecular complexity index is 1130. The molecule has 2 heterocycles. The van der Waals surface area contributed by atoms with Gasteiger partial charge in [-0.05, 0) is 28.8 Å². The van der Waals surface area contributed by atoms with Crippen molar-refractivity contribution in [2.24, 2.45) is 7.05 Å². The molecule has 0 aliphatic rings. The molecule has 4 rings (SSSR count). The summed E-state index contributed by atoms with van der Waals surface area (Å²) in [7, 11) is 1.72. The van der Waals surface area contributed by atoms with Gasteiger partial charge in [0.25, 0.3) is 5.56 Å². The molecule has 0 aliphatic carbocycles. The van der Waals surface area contributed by atoms with Gasteiger partial charge in [-0.25, -0.2) is 4.39 Å². The first-order chi connectivity index (χ1) is 13.1. The van der Waals surface area contributed by atoms with Gasteiger partial charge in [-0.1, -0.05) is 42.5 Å². The highest BCUT2D eigenvalue weighted by molar-refractivity contribution is 5.82. The average Bonchev–Trinajstić information content (AvgIpc) is 3.13. The molecule has 5 heteroatoms. The third-order valence-electron chi connectivity index (χ3n) is 4.52. The quantitative estimate of drug-likeness (QED) is 0.550. The zero-order chi connectivity index (χ0) is 18.8. The van der Waals surface area contributed by atoms with E-state index < -0.39 is 0 Å². The second-order valence-electron chi connectivity index (χ2n) is 6.47. The van der Waals surface area contributed by atoms with Crippen molar-refractivity contribution in [3.05, 3.63) is 101 Å². The van der Waals surface area contributed by atoms with Crippen LogP contribution in [0, 0.1) is 5.82 Å². The molecule has 0 amide bonds. The summed E-state index contributed by atoms with van der Waals surface area (Å²) < 4.78 is 16.7. The summed E-state index contributed by atoms with van der Waals surface area (Å²) >= 11 is 0. The molecule has 0 atom stereocenters. The fourth-order valence-electron chi connectivity index (χ4n) is 3.09. The molecule has 134 valence electrons. The van der Waals surface area contributed by atoms with Crippen LogP contribution in [-0.4, -0.2) is 14.3 Å². The van der Waals surface area contributed by atoms with Crippen molar-refractivity contribution >= 4 is 0 Å². The molecule has 4 nitrogen and oxygen atoms in total. The topological polar surface area (TPSA) is 39.8 Å². The molecule has 0 saturated heterocycles. The Kier molecular flexibility index (Phi) is 4.42. The van der Waals surface area contributed by atoms with Crippen LogP contribution in [0.4, 0.5) is 4.39 Å². The fourth-order valence-corrected chi connectivity index (χ4v) is 3.09. The predicted molar refractivity (Wildman–Crippen MR) is 104 cm³/mol. The van der Waals surface area contributed by atoms with E-state index >= 15 is 0 Å². The molecule has 0 saturated carbocycles. The van der Waals surface area contributed by atoms with Gasteiger partial charge in [0.05, 0.1) is 12.7 Å². The lowest BCUT2D eigenvalue weighted by Gasteiger charge is -2.10. The van der Waals surface area contributed by atoms with E-state index in [-0.39, 0.29) is 11.4 Å². The number of aromatic nitrogens is 3. The van der Waals surface area contributed by atoms with Crippen LogP contribution in [0.1, 0.15) is 5.56 Å². The van der Waals surface area contributed by atoms with Gasteiger partial charge in [-0.2, -0.15) is 5.10 Å². The number of benzene rings is 2. The van der Waals surface area contributed by atoms with Crippen molar-refractivity contribution in [2.45, 2.75) is 6.54 Å². The molecular weight excluding hydrogens is 341 g/mol. The summed E-state index contributed by atoms with van der Waals surface area (Å²) in [5, 5.41) is 4.46. The van der Waals surface area contributed by atoms with Crippen LogP contribution >= 0.6 is 0 Å². The van der Waals surface area contributed by atoms with Gasteiger partial charge in [-0.15, -0.1) is 0 Å². The van der Waals surface area contributed by atoms with Gasteiger partial charge in [0.15, 0.2) is 0 Å². The Hall–Kier alpha value is -3.47. The highest BCUT2D eigenvalue weighted by atomic mass is 19.1. The number of pyridine rings is 1. The van der Waals surface area contributed by atoms with Crippen LogP contribution in [0.2, 0.25) is 0 Å². The SMILES string of the molecule is Cn1cc(-c2cnn(Cc3ccccc3)c2)c(-c2ccc(F)cc2)cc1=O. The molecule has 0 N–H and O–H groups in total. The van der Waals surface area contributed by atoms with Gasteiger partial charge in [-0.3, -0.25) is 9.48 Å². The number of halogens is 1. The Labute approximate surface area is 156 Å². The Balaban J connectivity index is 1.76. The molecule has 0 bridgehead atoms. The summed E-state index contributed by atoms with van der Waals surface area (Å²) in [6, 6.07) is 17.8. The van der Waals surface area contributed by atoms with Crippen LogP contribution in [0.15, 0.2) is 84.0 Å². The number of aryl methyl sites for hydroxylation is 1. The predicted octanol–water partition coefficient (Wildman–Crippen LogP) is 4.10. The summed E-state index contributed by atoms with van der Waals surface area (Å²) in [6.45, 7) is 0.665. The number of hydrogen-bond acceptors (Lipinski definition) is 2. The first-order valence-corrected chi connectivity index (χ1v) is 8.63. The fraction of sp³-hybridized carbons (Fsp3) is 0.0909. The van der Waals surface area contributed by atoms with Gasteiger partial charge < -0.3 is 4.57 Å². The summed E-state index contributed by atoms with van der Waals surface area (Å²) in [5.41, 5.74) is 4.38. The molecule has 0 spiro atoms. The zero-order valence-corrected chi connectivity index (χ0v) is 14.8. The van der Waals surface area contributed by atoms with Gasteiger partial charge >= 0.3 is 0 Å². The van der Waals surface area contributed by atoms with Crippen molar-refractivity contribution in [3.8, 4) is 22.3 Å². The molecule has 2 aromatic carbocycles. The molecule has 4 aromatic rings. The molecule has 0 aliphatic heterocycles. The van der Waals surface area contributed by atoms with Crippen LogP contribution < -0.4 is 5.56 Å². The van der Waals surface area contributed by atoms with Crippen LogP contribution in [-0.2, 0) is 13.6 Å². The standard InChI is InChI=1S/C22H18FN3O/c1-25-15-21(20(11-22(25)27)17-7-9-19(23)10-8-17)18-12-24-26(14-18)13-16-5-3-2-4-6-16/h2-12,14-15H,13H2,1H3. The van der Waals surface area contributed by atoms with Crippen LogP contribution in [0.5, 0.6) is 0 Å². The minimum absolute atomic E-state index is 0.116. The molecule has 2 aromatic heterocycles. The highest BCUT2D eigenvalue weighted by Crippen LogP contribution is 2.30. The minimum Gasteiger partial charge on any atom is -0.318 e. The maximum Gasteiger partial charge on any atom is 0.250 e. The van der Waals surface area contributed by atoms with Crippen LogP contribution in [0.3, 0.4) is 0 Å². The largest absolute Gasteiger partial charge is 0.318 e. The Morgan fingerprint density at radius 3 is 2.41 bits per heavy atom.